The average Bonchev–Trinajstić information content (AvgIpc) is 2.90. The maximum absolute atomic E-state index is 12.4. The van der Waals surface area contributed by atoms with Gasteiger partial charge in [0.15, 0.2) is 0 Å². The maximum Gasteiger partial charge on any atom is 0.310 e. The van der Waals surface area contributed by atoms with Crippen molar-refractivity contribution in [2.45, 2.75) is 53.0 Å². The van der Waals surface area contributed by atoms with E-state index in [9.17, 15) is 14.7 Å². The Bertz CT molecular complexity index is 743. The Labute approximate surface area is 142 Å². The number of amides is 1. The first-order valence-corrected chi connectivity index (χ1v) is 8.35. The van der Waals surface area contributed by atoms with Crippen LogP contribution in [0.1, 0.15) is 57.4 Å². The molecule has 2 N–H and O–H groups in total. The van der Waals surface area contributed by atoms with E-state index in [1.165, 1.54) is 0 Å². The van der Waals surface area contributed by atoms with E-state index >= 15 is 0 Å². The lowest BCUT2D eigenvalue weighted by molar-refractivity contribution is -0.152. The molecule has 5 nitrogen and oxygen atoms in total. The molecule has 1 atom stereocenters. The van der Waals surface area contributed by atoms with Crippen LogP contribution in [0.5, 0.6) is 0 Å². The van der Waals surface area contributed by atoms with Gasteiger partial charge in [0.05, 0.1) is 11.5 Å². The number of aryl methyl sites for hydroxylation is 1. The van der Waals surface area contributed by atoms with Crippen LogP contribution in [0.25, 0.3) is 11.0 Å². The molecule has 0 fully saturated rings. The molecule has 0 aliphatic rings. The van der Waals surface area contributed by atoms with E-state index in [4.69, 9.17) is 4.42 Å². The number of fused-ring (bicyclic) bond motifs is 1. The second-order valence-electron chi connectivity index (χ2n) is 6.35. The molecule has 0 bridgehead atoms. The second kappa shape index (κ2) is 7.07. The van der Waals surface area contributed by atoms with E-state index in [1.54, 1.807) is 13.8 Å². The van der Waals surface area contributed by atoms with Crippen molar-refractivity contribution in [1.82, 2.24) is 5.32 Å². The summed E-state index contributed by atoms with van der Waals surface area (Å²) < 4.78 is 5.86. The van der Waals surface area contributed by atoms with E-state index in [0.29, 0.717) is 18.6 Å². The van der Waals surface area contributed by atoms with Crippen LogP contribution in [-0.2, 0) is 9.59 Å². The number of benzene rings is 1. The molecule has 0 radical (unpaired) electrons. The molecular formula is C19H25NO4. The van der Waals surface area contributed by atoms with Crippen LogP contribution in [-0.4, -0.2) is 17.0 Å². The molecule has 24 heavy (non-hydrogen) atoms. The summed E-state index contributed by atoms with van der Waals surface area (Å²) in [4.78, 5) is 23.9. The molecule has 1 aromatic carbocycles. The van der Waals surface area contributed by atoms with Crippen LogP contribution >= 0.6 is 0 Å². The molecule has 1 aromatic heterocycles. The number of furan rings is 1. The topological polar surface area (TPSA) is 79.5 Å². The van der Waals surface area contributed by atoms with Gasteiger partial charge in [-0.25, -0.2) is 0 Å². The molecule has 0 spiro atoms. The molecule has 130 valence electrons. The zero-order valence-corrected chi connectivity index (χ0v) is 14.7. The van der Waals surface area contributed by atoms with E-state index in [-0.39, 0.29) is 18.4 Å². The first-order chi connectivity index (χ1) is 11.3. The number of hydrogen-bond donors (Lipinski definition) is 2. The summed E-state index contributed by atoms with van der Waals surface area (Å²) in [6.45, 7) is 7.42. The number of rotatable bonds is 7. The smallest absolute Gasteiger partial charge is 0.310 e. The van der Waals surface area contributed by atoms with Gasteiger partial charge in [-0.3, -0.25) is 9.59 Å². The molecule has 1 amide bonds. The van der Waals surface area contributed by atoms with Crippen LogP contribution < -0.4 is 5.32 Å². The molecule has 1 heterocycles. The maximum atomic E-state index is 12.4. The van der Waals surface area contributed by atoms with Gasteiger partial charge in [-0.2, -0.15) is 0 Å². The highest BCUT2D eigenvalue weighted by atomic mass is 16.4. The second-order valence-corrected chi connectivity index (χ2v) is 6.35. The lowest BCUT2D eigenvalue weighted by atomic mass is 9.79. The number of para-hydroxylation sites is 1. The van der Waals surface area contributed by atoms with Crippen molar-refractivity contribution in [1.29, 1.82) is 0 Å². The first kappa shape index (κ1) is 18.0. The van der Waals surface area contributed by atoms with Gasteiger partial charge in [0.2, 0.25) is 5.91 Å². The predicted molar refractivity (Wildman–Crippen MR) is 92.8 cm³/mol. The van der Waals surface area contributed by atoms with Crippen LogP contribution in [0, 0.1) is 12.3 Å². The SMILES string of the molecule is CCC(CC)(CC(=O)NC(C)c1oc2ccccc2c1C)C(=O)O. The Morgan fingerprint density at radius 3 is 2.42 bits per heavy atom. The van der Waals surface area contributed by atoms with Crippen molar-refractivity contribution in [3.8, 4) is 0 Å². The number of aliphatic carboxylic acids is 1. The van der Waals surface area contributed by atoms with Gasteiger partial charge < -0.3 is 14.8 Å². The molecule has 5 heteroatoms. The van der Waals surface area contributed by atoms with Crippen LogP contribution in [0.2, 0.25) is 0 Å². The van der Waals surface area contributed by atoms with Gasteiger partial charge in [0.1, 0.15) is 11.3 Å². The fraction of sp³-hybridized carbons (Fsp3) is 0.474. The molecule has 0 aliphatic heterocycles. The third kappa shape index (κ3) is 3.30. The number of carboxylic acids is 1. The Kier molecular flexibility index (Phi) is 5.32. The predicted octanol–water partition coefficient (Wildman–Crippen LogP) is 4.20. The number of carbonyl (C=O) groups is 2. The minimum absolute atomic E-state index is 0.0288. The quantitative estimate of drug-likeness (QED) is 0.797. The molecule has 0 saturated heterocycles. The highest BCUT2D eigenvalue weighted by Gasteiger charge is 2.37. The molecule has 2 aromatic rings. The van der Waals surface area contributed by atoms with E-state index < -0.39 is 11.4 Å². The number of carboxylic acid groups (broad SMARTS) is 1. The highest BCUT2D eigenvalue weighted by Crippen LogP contribution is 2.32. The third-order valence-corrected chi connectivity index (χ3v) is 4.96. The Morgan fingerprint density at radius 2 is 1.88 bits per heavy atom. The number of hydrogen-bond acceptors (Lipinski definition) is 3. The molecule has 0 saturated carbocycles. The minimum Gasteiger partial charge on any atom is -0.481 e. The number of carbonyl (C=O) groups excluding carboxylic acids is 1. The third-order valence-electron chi connectivity index (χ3n) is 4.96. The van der Waals surface area contributed by atoms with Crippen molar-refractivity contribution in [3.63, 3.8) is 0 Å². The monoisotopic (exact) mass is 331 g/mol. The molecule has 0 aliphatic carbocycles. The fourth-order valence-corrected chi connectivity index (χ4v) is 3.15. The lowest BCUT2D eigenvalue weighted by Gasteiger charge is -2.26. The number of nitrogens with one attached hydrogen (secondary N) is 1. The van der Waals surface area contributed by atoms with E-state index in [0.717, 1.165) is 16.5 Å². The molecule has 2 rings (SSSR count). The van der Waals surface area contributed by atoms with Gasteiger partial charge >= 0.3 is 5.97 Å². The lowest BCUT2D eigenvalue weighted by Crippen LogP contribution is -2.37. The van der Waals surface area contributed by atoms with Crippen LogP contribution in [0.4, 0.5) is 0 Å². The van der Waals surface area contributed by atoms with Gasteiger partial charge in [-0.05, 0) is 32.8 Å². The average molecular weight is 331 g/mol. The van der Waals surface area contributed by atoms with Gasteiger partial charge in [-0.1, -0.05) is 32.0 Å². The summed E-state index contributed by atoms with van der Waals surface area (Å²) in [5, 5.41) is 13.4. The van der Waals surface area contributed by atoms with Crippen LogP contribution in [0.3, 0.4) is 0 Å². The van der Waals surface area contributed by atoms with Crippen molar-refractivity contribution in [2.24, 2.45) is 5.41 Å². The summed E-state index contributed by atoms with van der Waals surface area (Å²) in [6.07, 6.45) is 0.813. The normalized spacial score (nSPS) is 13.0. The van der Waals surface area contributed by atoms with E-state index in [1.807, 2.05) is 38.1 Å². The molecular weight excluding hydrogens is 306 g/mol. The highest BCUT2D eigenvalue weighted by molar-refractivity contribution is 5.86. The minimum atomic E-state index is -1.01. The van der Waals surface area contributed by atoms with Crippen molar-refractivity contribution in [2.75, 3.05) is 0 Å². The Balaban J connectivity index is 2.16. The fourth-order valence-electron chi connectivity index (χ4n) is 3.15. The van der Waals surface area contributed by atoms with Gasteiger partial charge in [0, 0.05) is 17.4 Å². The summed E-state index contributed by atoms with van der Waals surface area (Å²) in [6, 6.07) is 7.41. The summed E-state index contributed by atoms with van der Waals surface area (Å²) in [7, 11) is 0. The zero-order chi connectivity index (χ0) is 17.9. The Morgan fingerprint density at radius 1 is 1.25 bits per heavy atom. The largest absolute Gasteiger partial charge is 0.481 e. The van der Waals surface area contributed by atoms with Gasteiger partial charge in [-0.15, -0.1) is 0 Å². The van der Waals surface area contributed by atoms with Crippen molar-refractivity contribution >= 4 is 22.8 Å². The zero-order valence-electron chi connectivity index (χ0n) is 14.7. The van der Waals surface area contributed by atoms with Gasteiger partial charge in [0.25, 0.3) is 0 Å². The summed E-state index contributed by atoms with van der Waals surface area (Å²) in [5.74, 6) is -0.484. The van der Waals surface area contributed by atoms with Crippen LogP contribution in [0.15, 0.2) is 28.7 Å². The standard InChI is InChI=1S/C19H25NO4/c1-5-19(6-2,18(22)23)11-16(21)20-13(4)17-12(3)14-9-7-8-10-15(14)24-17/h7-10,13H,5-6,11H2,1-4H3,(H,20,21)(H,22,23). The first-order valence-electron chi connectivity index (χ1n) is 8.35. The van der Waals surface area contributed by atoms with Crippen molar-refractivity contribution < 1.29 is 19.1 Å². The molecule has 1 unspecified atom stereocenters. The summed E-state index contributed by atoms with van der Waals surface area (Å²) in [5.41, 5.74) is 0.772. The van der Waals surface area contributed by atoms with E-state index in [2.05, 4.69) is 5.32 Å². The Hall–Kier alpha value is -2.30. The summed E-state index contributed by atoms with van der Waals surface area (Å²) >= 11 is 0. The van der Waals surface area contributed by atoms with Crippen molar-refractivity contribution in [3.05, 3.63) is 35.6 Å².